The SMILES string of the molecule is O=C(NCc1ccc(F)cc1)c1ccc(-n2cc(Cn3ccc4c(Cl)ccnc43)nn2)cc1. The Hall–Kier alpha value is -4.04. The standard InChI is InChI=1S/C24H18ClFN6O/c25-22-9-11-27-23-21(22)10-12-31(23)14-19-15-32(30-29-19)20-7-3-17(4-8-20)24(33)28-13-16-1-5-18(26)6-2-16/h1-12,15H,13-14H2,(H,28,33). The van der Waals surface area contributed by atoms with Gasteiger partial charge in [-0.3, -0.25) is 4.79 Å². The predicted molar refractivity (Wildman–Crippen MR) is 123 cm³/mol. The van der Waals surface area contributed by atoms with Crippen molar-refractivity contribution in [3.63, 3.8) is 0 Å². The van der Waals surface area contributed by atoms with Crippen LogP contribution >= 0.6 is 11.6 Å². The second-order valence-electron chi connectivity index (χ2n) is 7.48. The highest BCUT2D eigenvalue weighted by atomic mass is 35.5. The molecule has 0 unspecified atom stereocenters. The molecular weight excluding hydrogens is 443 g/mol. The fraction of sp³-hybridized carbons (Fsp3) is 0.0833. The number of nitrogens with zero attached hydrogens (tertiary/aromatic N) is 5. The molecule has 0 aliphatic carbocycles. The van der Waals surface area contributed by atoms with Crippen molar-refractivity contribution in [1.29, 1.82) is 0 Å². The molecule has 3 heterocycles. The first-order chi connectivity index (χ1) is 16.1. The van der Waals surface area contributed by atoms with Gasteiger partial charge in [0.1, 0.15) is 17.2 Å². The molecule has 33 heavy (non-hydrogen) atoms. The van der Waals surface area contributed by atoms with Gasteiger partial charge in [0.25, 0.3) is 5.91 Å². The van der Waals surface area contributed by atoms with Crippen LogP contribution in [0.3, 0.4) is 0 Å². The zero-order valence-corrected chi connectivity index (χ0v) is 18.1. The van der Waals surface area contributed by atoms with Gasteiger partial charge in [0.2, 0.25) is 0 Å². The molecule has 0 saturated carbocycles. The number of benzene rings is 2. The highest BCUT2D eigenvalue weighted by molar-refractivity contribution is 6.35. The van der Waals surface area contributed by atoms with Crippen LogP contribution in [0.4, 0.5) is 4.39 Å². The summed E-state index contributed by atoms with van der Waals surface area (Å²) >= 11 is 6.22. The summed E-state index contributed by atoms with van der Waals surface area (Å²) in [6.07, 6.45) is 5.43. The summed E-state index contributed by atoms with van der Waals surface area (Å²) in [7, 11) is 0. The molecule has 0 atom stereocenters. The molecule has 164 valence electrons. The van der Waals surface area contributed by atoms with E-state index in [1.165, 1.54) is 12.1 Å². The van der Waals surface area contributed by atoms with Gasteiger partial charge in [-0.25, -0.2) is 14.1 Å². The van der Waals surface area contributed by atoms with Gasteiger partial charge in [-0.15, -0.1) is 5.10 Å². The van der Waals surface area contributed by atoms with E-state index in [4.69, 9.17) is 11.6 Å². The molecule has 5 rings (SSSR count). The van der Waals surface area contributed by atoms with E-state index in [1.54, 1.807) is 53.3 Å². The predicted octanol–water partition coefficient (Wildman–Crippen LogP) is 4.39. The van der Waals surface area contributed by atoms with Crippen LogP contribution in [0.15, 0.2) is 79.3 Å². The van der Waals surface area contributed by atoms with Crippen LogP contribution in [0, 0.1) is 5.82 Å². The minimum Gasteiger partial charge on any atom is -0.348 e. The third-order valence-electron chi connectivity index (χ3n) is 5.24. The Morgan fingerprint density at radius 2 is 1.82 bits per heavy atom. The maximum atomic E-state index is 13.0. The number of pyridine rings is 1. The van der Waals surface area contributed by atoms with Gasteiger partial charge in [0.05, 0.1) is 23.5 Å². The molecule has 7 nitrogen and oxygen atoms in total. The van der Waals surface area contributed by atoms with Crippen LogP contribution in [-0.4, -0.2) is 30.5 Å². The number of carbonyl (C=O) groups is 1. The Kier molecular flexibility index (Phi) is 5.58. The molecule has 2 aromatic carbocycles. The van der Waals surface area contributed by atoms with Crippen molar-refractivity contribution in [3.8, 4) is 5.69 Å². The number of halogens is 2. The number of hydrogen-bond donors (Lipinski definition) is 1. The number of hydrogen-bond acceptors (Lipinski definition) is 4. The molecule has 1 amide bonds. The lowest BCUT2D eigenvalue weighted by Gasteiger charge is -2.06. The van der Waals surface area contributed by atoms with Gasteiger partial charge in [-0.2, -0.15) is 0 Å². The first-order valence-electron chi connectivity index (χ1n) is 10.2. The highest BCUT2D eigenvalue weighted by Gasteiger charge is 2.10. The van der Waals surface area contributed by atoms with Gasteiger partial charge < -0.3 is 9.88 Å². The number of fused-ring (bicyclic) bond motifs is 1. The van der Waals surface area contributed by atoms with Gasteiger partial charge in [-0.05, 0) is 54.1 Å². The summed E-state index contributed by atoms with van der Waals surface area (Å²) in [5.41, 5.74) is 3.67. The van der Waals surface area contributed by atoms with E-state index in [0.29, 0.717) is 23.7 Å². The van der Waals surface area contributed by atoms with Crippen molar-refractivity contribution in [1.82, 2.24) is 29.9 Å². The second kappa shape index (κ2) is 8.84. The van der Waals surface area contributed by atoms with Crippen molar-refractivity contribution in [3.05, 3.63) is 107 Å². The van der Waals surface area contributed by atoms with Crippen molar-refractivity contribution in [2.75, 3.05) is 0 Å². The largest absolute Gasteiger partial charge is 0.348 e. The summed E-state index contributed by atoms with van der Waals surface area (Å²) in [6.45, 7) is 0.822. The molecule has 9 heteroatoms. The van der Waals surface area contributed by atoms with Gasteiger partial charge in [-0.1, -0.05) is 28.9 Å². The molecule has 1 N–H and O–H groups in total. The maximum absolute atomic E-state index is 13.0. The Morgan fingerprint density at radius 1 is 1.03 bits per heavy atom. The molecule has 0 spiro atoms. The van der Waals surface area contributed by atoms with Crippen molar-refractivity contribution < 1.29 is 9.18 Å². The number of nitrogens with one attached hydrogen (secondary N) is 1. The Morgan fingerprint density at radius 3 is 2.61 bits per heavy atom. The highest BCUT2D eigenvalue weighted by Crippen LogP contribution is 2.22. The van der Waals surface area contributed by atoms with E-state index in [9.17, 15) is 9.18 Å². The number of rotatable bonds is 6. The van der Waals surface area contributed by atoms with E-state index in [1.807, 2.05) is 23.0 Å². The van der Waals surface area contributed by atoms with E-state index in [0.717, 1.165) is 28.0 Å². The van der Waals surface area contributed by atoms with Crippen molar-refractivity contribution >= 4 is 28.5 Å². The molecular formula is C24H18ClFN6O. The lowest BCUT2D eigenvalue weighted by molar-refractivity contribution is 0.0951. The molecule has 0 bridgehead atoms. The first kappa shape index (κ1) is 20.8. The van der Waals surface area contributed by atoms with Crippen LogP contribution in [0.5, 0.6) is 0 Å². The Labute approximate surface area is 193 Å². The van der Waals surface area contributed by atoms with Gasteiger partial charge in [0, 0.05) is 29.9 Å². The molecule has 3 aromatic heterocycles. The van der Waals surface area contributed by atoms with E-state index < -0.39 is 0 Å². The fourth-order valence-corrected chi connectivity index (χ4v) is 3.71. The minimum atomic E-state index is -0.306. The molecule has 0 saturated heterocycles. The minimum absolute atomic E-state index is 0.212. The van der Waals surface area contributed by atoms with Crippen molar-refractivity contribution in [2.24, 2.45) is 0 Å². The molecule has 0 fully saturated rings. The second-order valence-corrected chi connectivity index (χ2v) is 7.89. The molecule has 0 aliphatic rings. The normalized spacial score (nSPS) is 11.1. The van der Waals surface area contributed by atoms with Crippen LogP contribution in [0.1, 0.15) is 21.6 Å². The quantitative estimate of drug-likeness (QED) is 0.407. The Bertz CT molecular complexity index is 1430. The third-order valence-corrected chi connectivity index (χ3v) is 5.57. The lowest BCUT2D eigenvalue weighted by atomic mass is 10.1. The van der Waals surface area contributed by atoms with Crippen LogP contribution < -0.4 is 5.32 Å². The van der Waals surface area contributed by atoms with E-state index in [-0.39, 0.29) is 11.7 Å². The number of aromatic nitrogens is 5. The average Bonchev–Trinajstić information content (AvgIpc) is 3.47. The summed E-state index contributed by atoms with van der Waals surface area (Å²) < 4.78 is 16.6. The summed E-state index contributed by atoms with van der Waals surface area (Å²) in [4.78, 5) is 16.8. The van der Waals surface area contributed by atoms with Crippen molar-refractivity contribution in [2.45, 2.75) is 13.1 Å². The van der Waals surface area contributed by atoms with Gasteiger partial charge in [0.15, 0.2) is 0 Å². The first-order valence-corrected chi connectivity index (χ1v) is 10.6. The van der Waals surface area contributed by atoms with Crippen LogP contribution in [0.25, 0.3) is 16.7 Å². The smallest absolute Gasteiger partial charge is 0.251 e. The van der Waals surface area contributed by atoms with Gasteiger partial charge >= 0.3 is 0 Å². The molecule has 0 aliphatic heterocycles. The zero-order chi connectivity index (χ0) is 22.8. The summed E-state index contributed by atoms with van der Waals surface area (Å²) in [5.74, 6) is -0.518. The lowest BCUT2D eigenvalue weighted by Crippen LogP contribution is -2.22. The third kappa shape index (κ3) is 4.47. The van der Waals surface area contributed by atoms with Crippen LogP contribution in [0.2, 0.25) is 5.02 Å². The zero-order valence-electron chi connectivity index (χ0n) is 17.3. The molecule has 0 radical (unpaired) electrons. The maximum Gasteiger partial charge on any atom is 0.251 e. The number of carbonyl (C=O) groups excluding carboxylic acids is 1. The van der Waals surface area contributed by atoms with Crippen LogP contribution in [-0.2, 0) is 13.1 Å². The molecule has 5 aromatic rings. The monoisotopic (exact) mass is 460 g/mol. The topological polar surface area (TPSA) is 77.6 Å². The summed E-state index contributed by atoms with van der Waals surface area (Å²) in [5, 5.41) is 12.8. The average molecular weight is 461 g/mol. The fourth-order valence-electron chi connectivity index (χ4n) is 3.51. The van der Waals surface area contributed by atoms with E-state index >= 15 is 0 Å². The number of amides is 1. The van der Waals surface area contributed by atoms with E-state index in [2.05, 4.69) is 20.6 Å². The summed E-state index contributed by atoms with van der Waals surface area (Å²) in [6, 6.07) is 16.8. The Balaban J connectivity index is 1.25.